The maximum atomic E-state index is 13.4. The van der Waals surface area contributed by atoms with Gasteiger partial charge < -0.3 is 0 Å². The number of aromatic nitrogens is 2. The third kappa shape index (κ3) is 4.45. The summed E-state index contributed by atoms with van der Waals surface area (Å²) < 4.78 is 1.01. The minimum absolute atomic E-state index is 0.198. The molecular weight excluding hydrogens is 494 g/mol. The molecule has 0 unspecified atom stereocenters. The van der Waals surface area contributed by atoms with E-state index in [9.17, 15) is 4.79 Å². The standard InChI is InChI=1S/C27H20BrN3OS/c1-16-7-12-20(17(2)13-16)24-14-22(21-5-3-4-6-23(21)29-24)26(32)31-27-30-25(15-33-27)18-8-10-19(28)11-9-18/h3-15H,1-2H3,(H,30,31,32). The van der Waals surface area contributed by atoms with Crippen molar-refractivity contribution in [2.24, 2.45) is 0 Å². The number of hydrogen-bond donors (Lipinski definition) is 1. The highest BCUT2D eigenvalue weighted by Crippen LogP contribution is 2.30. The van der Waals surface area contributed by atoms with E-state index in [1.807, 2.05) is 60.0 Å². The molecule has 2 heterocycles. The topological polar surface area (TPSA) is 54.9 Å². The number of fused-ring (bicyclic) bond motifs is 1. The van der Waals surface area contributed by atoms with Gasteiger partial charge in [0.1, 0.15) is 0 Å². The second-order valence-electron chi connectivity index (χ2n) is 7.89. The highest BCUT2D eigenvalue weighted by molar-refractivity contribution is 9.10. The number of hydrogen-bond acceptors (Lipinski definition) is 4. The predicted molar refractivity (Wildman–Crippen MR) is 140 cm³/mol. The average Bonchev–Trinajstić information content (AvgIpc) is 3.27. The van der Waals surface area contributed by atoms with E-state index in [-0.39, 0.29) is 5.91 Å². The van der Waals surface area contributed by atoms with E-state index in [0.29, 0.717) is 10.7 Å². The Morgan fingerprint density at radius 1 is 0.909 bits per heavy atom. The quantitative estimate of drug-likeness (QED) is 0.268. The molecule has 0 aliphatic heterocycles. The van der Waals surface area contributed by atoms with Gasteiger partial charge in [0.25, 0.3) is 5.91 Å². The molecule has 0 atom stereocenters. The lowest BCUT2D eigenvalue weighted by atomic mass is 9.99. The van der Waals surface area contributed by atoms with Crippen molar-refractivity contribution < 1.29 is 4.79 Å². The van der Waals surface area contributed by atoms with Crippen LogP contribution in [0.5, 0.6) is 0 Å². The van der Waals surface area contributed by atoms with Crippen molar-refractivity contribution in [2.75, 3.05) is 5.32 Å². The van der Waals surface area contributed by atoms with Crippen LogP contribution in [-0.4, -0.2) is 15.9 Å². The number of rotatable bonds is 4. The Balaban J connectivity index is 1.51. The smallest absolute Gasteiger partial charge is 0.258 e. The first-order valence-corrected chi connectivity index (χ1v) is 12.2. The third-order valence-electron chi connectivity index (χ3n) is 5.48. The molecule has 3 aromatic carbocycles. The van der Waals surface area contributed by atoms with Crippen molar-refractivity contribution in [1.29, 1.82) is 0 Å². The minimum atomic E-state index is -0.198. The molecule has 0 spiro atoms. The second kappa shape index (κ2) is 8.89. The van der Waals surface area contributed by atoms with Crippen LogP contribution < -0.4 is 5.32 Å². The molecule has 5 aromatic rings. The second-order valence-corrected chi connectivity index (χ2v) is 9.66. The fourth-order valence-electron chi connectivity index (χ4n) is 3.85. The lowest BCUT2D eigenvalue weighted by molar-refractivity contribution is 0.102. The first-order valence-electron chi connectivity index (χ1n) is 10.5. The van der Waals surface area contributed by atoms with Crippen LogP contribution in [0.1, 0.15) is 21.5 Å². The third-order valence-corrected chi connectivity index (χ3v) is 6.77. The van der Waals surface area contributed by atoms with Crippen LogP contribution in [0.2, 0.25) is 0 Å². The van der Waals surface area contributed by atoms with Gasteiger partial charge in [-0.3, -0.25) is 10.1 Å². The van der Waals surface area contributed by atoms with Gasteiger partial charge in [-0.25, -0.2) is 9.97 Å². The summed E-state index contributed by atoms with van der Waals surface area (Å²) in [6.45, 7) is 4.14. The maximum Gasteiger partial charge on any atom is 0.258 e. The molecule has 1 N–H and O–H groups in total. The molecule has 6 heteroatoms. The van der Waals surface area contributed by atoms with Crippen LogP contribution in [-0.2, 0) is 0 Å². The highest BCUT2D eigenvalue weighted by atomic mass is 79.9. The van der Waals surface area contributed by atoms with E-state index < -0.39 is 0 Å². The lowest BCUT2D eigenvalue weighted by Gasteiger charge is -2.11. The van der Waals surface area contributed by atoms with E-state index in [2.05, 4.69) is 58.3 Å². The Hall–Kier alpha value is -3.35. The summed E-state index contributed by atoms with van der Waals surface area (Å²) in [5.41, 5.74) is 7.33. The van der Waals surface area contributed by atoms with Gasteiger partial charge in [-0.2, -0.15) is 0 Å². The number of para-hydroxylation sites is 1. The Labute approximate surface area is 204 Å². The molecule has 4 nitrogen and oxygen atoms in total. The number of pyridine rings is 1. The zero-order valence-corrected chi connectivity index (χ0v) is 20.5. The largest absolute Gasteiger partial charge is 0.298 e. The zero-order valence-electron chi connectivity index (χ0n) is 18.1. The fraction of sp³-hybridized carbons (Fsp3) is 0.0741. The molecule has 2 aromatic heterocycles. The SMILES string of the molecule is Cc1ccc(-c2cc(C(=O)Nc3nc(-c4ccc(Br)cc4)cs3)c3ccccc3n2)c(C)c1. The van der Waals surface area contributed by atoms with E-state index in [1.165, 1.54) is 16.9 Å². The van der Waals surface area contributed by atoms with Crippen LogP contribution in [0.15, 0.2) is 82.6 Å². The van der Waals surface area contributed by atoms with Gasteiger partial charge in [-0.1, -0.05) is 70.0 Å². The molecule has 1 amide bonds. The summed E-state index contributed by atoms with van der Waals surface area (Å²) in [5, 5.41) is 6.31. The molecule has 162 valence electrons. The van der Waals surface area contributed by atoms with Crippen molar-refractivity contribution in [3.63, 3.8) is 0 Å². The van der Waals surface area contributed by atoms with Gasteiger partial charge >= 0.3 is 0 Å². The van der Waals surface area contributed by atoms with Crippen molar-refractivity contribution in [3.8, 4) is 22.5 Å². The summed E-state index contributed by atoms with van der Waals surface area (Å²) in [4.78, 5) is 22.8. The van der Waals surface area contributed by atoms with Gasteiger partial charge in [0.05, 0.1) is 22.5 Å². The number of nitrogens with zero attached hydrogens (tertiary/aromatic N) is 2. The normalized spacial score (nSPS) is 11.0. The van der Waals surface area contributed by atoms with Gasteiger partial charge in [-0.05, 0) is 43.7 Å². The number of aryl methyl sites for hydroxylation is 2. The molecule has 0 aliphatic carbocycles. The van der Waals surface area contributed by atoms with Crippen LogP contribution in [0.25, 0.3) is 33.4 Å². The summed E-state index contributed by atoms with van der Waals surface area (Å²) in [7, 11) is 0. The van der Waals surface area contributed by atoms with E-state index in [4.69, 9.17) is 4.98 Å². The number of carbonyl (C=O) groups excluding carboxylic acids is 1. The monoisotopic (exact) mass is 513 g/mol. The molecule has 0 aliphatic rings. The molecule has 0 fully saturated rings. The van der Waals surface area contributed by atoms with Crippen molar-refractivity contribution in [1.82, 2.24) is 9.97 Å². The zero-order chi connectivity index (χ0) is 22.9. The number of amides is 1. The number of nitrogens with one attached hydrogen (secondary N) is 1. The average molecular weight is 514 g/mol. The van der Waals surface area contributed by atoms with E-state index in [1.54, 1.807) is 0 Å². The van der Waals surface area contributed by atoms with Gasteiger partial charge in [0, 0.05) is 26.4 Å². The molecule has 5 rings (SSSR count). The van der Waals surface area contributed by atoms with Crippen molar-refractivity contribution in [2.45, 2.75) is 13.8 Å². The van der Waals surface area contributed by atoms with E-state index >= 15 is 0 Å². The van der Waals surface area contributed by atoms with Crippen LogP contribution in [0, 0.1) is 13.8 Å². The molecular formula is C27H20BrN3OS. The number of carbonyl (C=O) groups is 1. The number of anilines is 1. The number of halogens is 1. The molecule has 33 heavy (non-hydrogen) atoms. The maximum absolute atomic E-state index is 13.4. The van der Waals surface area contributed by atoms with Gasteiger partial charge in [-0.15, -0.1) is 11.3 Å². The molecule has 0 saturated heterocycles. The fourth-order valence-corrected chi connectivity index (χ4v) is 4.83. The van der Waals surface area contributed by atoms with Crippen LogP contribution in [0.3, 0.4) is 0 Å². The molecule has 0 radical (unpaired) electrons. The molecule has 0 bridgehead atoms. The van der Waals surface area contributed by atoms with Crippen molar-refractivity contribution in [3.05, 3.63) is 99.3 Å². The summed E-state index contributed by atoms with van der Waals surface area (Å²) >= 11 is 4.86. The Morgan fingerprint density at radius 2 is 1.70 bits per heavy atom. The molecule has 0 saturated carbocycles. The Kier molecular flexibility index (Phi) is 5.79. The predicted octanol–water partition coefficient (Wildman–Crippen LogP) is 7.66. The Morgan fingerprint density at radius 3 is 2.48 bits per heavy atom. The summed E-state index contributed by atoms with van der Waals surface area (Å²) in [6, 6.07) is 23.8. The minimum Gasteiger partial charge on any atom is -0.298 e. The first kappa shape index (κ1) is 21.5. The Bertz CT molecular complexity index is 1490. The van der Waals surface area contributed by atoms with E-state index in [0.717, 1.165) is 43.5 Å². The van der Waals surface area contributed by atoms with Gasteiger partial charge in [0.15, 0.2) is 5.13 Å². The number of benzene rings is 3. The highest BCUT2D eigenvalue weighted by Gasteiger charge is 2.16. The first-order chi connectivity index (χ1) is 16.0. The summed E-state index contributed by atoms with van der Waals surface area (Å²) in [6.07, 6.45) is 0. The van der Waals surface area contributed by atoms with Crippen LogP contribution >= 0.6 is 27.3 Å². The van der Waals surface area contributed by atoms with Gasteiger partial charge in [0.2, 0.25) is 0 Å². The summed E-state index contributed by atoms with van der Waals surface area (Å²) in [5.74, 6) is -0.198. The number of thiazole rings is 1. The van der Waals surface area contributed by atoms with Crippen LogP contribution in [0.4, 0.5) is 5.13 Å². The lowest BCUT2D eigenvalue weighted by Crippen LogP contribution is -2.13. The van der Waals surface area contributed by atoms with Crippen molar-refractivity contribution >= 4 is 49.2 Å².